The van der Waals surface area contributed by atoms with Crippen LogP contribution in [0.5, 0.6) is 0 Å². The molecule has 0 amide bonds. The average molecular weight is 191 g/mol. The van der Waals surface area contributed by atoms with Crippen molar-refractivity contribution < 1.29 is 0 Å². The molecule has 0 saturated heterocycles. The number of hydrogen-bond acceptors (Lipinski definition) is 1. The summed E-state index contributed by atoms with van der Waals surface area (Å²) in [5, 5.41) is 3.46. The van der Waals surface area contributed by atoms with Gasteiger partial charge < -0.3 is 5.32 Å². The van der Waals surface area contributed by atoms with Crippen LogP contribution in [0, 0.1) is 6.92 Å². The molecule has 0 fully saturated rings. The van der Waals surface area contributed by atoms with Crippen LogP contribution in [0.25, 0.3) is 0 Å². The van der Waals surface area contributed by atoms with Gasteiger partial charge in [-0.2, -0.15) is 0 Å². The van der Waals surface area contributed by atoms with Crippen molar-refractivity contribution in [2.24, 2.45) is 0 Å². The highest BCUT2D eigenvalue weighted by molar-refractivity contribution is 5.24. The quantitative estimate of drug-likeness (QED) is 0.771. The maximum Gasteiger partial charge on any atom is 0.00198 e. The molecule has 0 aliphatic rings. The third kappa shape index (κ3) is 3.51. The molecule has 78 valence electrons. The SMILES string of the molecule is Cc1ccc(C(C)CNC(C)C)cc1. The maximum absolute atomic E-state index is 3.46. The fourth-order valence-corrected chi connectivity index (χ4v) is 1.43. The molecule has 1 atom stereocenters. The first-order chi connectivity index (χ1) is 6.59. The molecule has 0 radical (unpaired) electrons. The topological polar surface area (TPSA) is 12.0 Å². The molecule has 1 heteroatoms. The summed E-state index contributed by atoms with van der Waals surface area (Å²) in [6.07, 6.45) is 0. The van der Waals surface area contributed by atoms with Crippen molar-refractivity contribution >= 4 is 0 Å². The highest BCUT2D eigenvalue weighted by atomic mass is 14.9. The Kier molecular flexibility index (Phi) is 4.15. The summed E-state index contributed by atoms with van der Waals surface area (Å²) >= 11 is 0. The summed E-state index contributed by atoms with van der Waals surface area (Å²) in [6, 6.07) is 9.38. The van der Waals surface area contributed by atoms with Gasteiger partial charge in [0.1, 0.15) is 0 Å². The average Bonchev–Trinajstić information content (AvgIpc) is 2.15. The third-order valence-electron chi connectivity index (χ3n) is 2.48. The molecule has 0 bridgehead atoms. The van der Waals surface area contributed by atoms with E-state index in [4.69, 9.17) is 0 Å². The predicted octanol–water partition coefficient (Wildman–Crippen LogP) is 3.10. The van der Waals surface area contributed by atoms with E-state index in [9.17, 15) is 0 Å². The smallest absolute Gasteiger partial charge is 0.00198 e. The molecule has 0 aromatic heterocycles. The van der Waals surface area contributed by atoms with Crippen molar-refractivity contribution in [2.45, 2.75) is 39.7 Å². The van der Waals surface area contributed by atoms with Crippen LogP contribution in [0.1, 0.15) is 37.8 Å². The lowest BCUT2D eigenvalue weighted by atomic mass is 10.00. The zero-order valence-corrected chi connectivity index (χ0v) is 9.67. The molecule has 1 aromatic rings. The van der Waals surface area contributed by atoms with E-state index < -0.39 is 0 Å². The Bertz CT molecular complexity index is 261. The van der Waals surface area contributed by atoms with Gasteiger partial charge in [0.15, 0.2) is 0 Å². The van der Waals surface area contributed by atoms with Gasteiger partial charge in [-0.25, -0.2) is 0 Å². The zero-order chi connectivity index (χ0) is 10.6. The molecule has 0 saturated carbocycles. The summed E-state index contributed by atoms with van der Waals surface area (Å²) in [5.41, 5.74) is 2.75. The van der Waals surface area contributed by atoms with Gasteiger partial charge in [-0.1, -0.05) is 50.6 Å². The summed E-state index contributed by atoms with van der Waals surface area (Å²) in [6.45, 7) is 9.81. The summed E-state index contributed by atoms with van der Waals surface area (Å²) in [5.74, 6) is 0.595. The van der Waals surface area contributed by atoms with Crippen molar-refractivity contribution in [2.75, 3.05) is 6.54 Å². The normalized spacial score (nSPS) is 13.2. The van der Waals surface area contributed by atoms with Crippen molar-refractivity contribution in [3.8, 4) is 0 Å². The van der Waals surface area contributed by atoms with Crippen molar-refractivity contribution in [1.29, 1.82) is 0 Å². The molecular weight excluding hydrogens is 170 g/mol. The molecule has 1 N–H and O–H groups in total. The molecule has 1 aromatic carbocycles. The van der Waals surface area contributed by atoms with Crippen LogP contribution >= 0.6 is 0 Å². The van der Waals surface area contributed by atoms with E-state index in [1.807, 2.05) is 0 Å². The highest BCUT2D eigenvalue weighted by Gasteiger charge is 2.04. The standard InChI is InChI=1S/C13H21N/c1-10(2)14-9-12(4)13-7-5-11(3)6-8-13/h5-8,10,12,14H,9H2,1-4H3. The summed E-state index contributed by atoms with van der Waals surface area (Å²) in [7, 11) is 0. The minimum atomic E-state index is 0.572. The molecule has 1 rings (SSSR count). The van der Waals surface area contributed by atoms with E-state index in [2.05, 4.69) is 57.3 Å². The Hall–Kier alpha value is -0.820. The van der Waals surface area contributed by atoms with Crippen molar-refractivity contribution in [3.05, 3.63) is 35.4 Å². The second kappa shape index (κ2) is 5.16. The zero-order valence-electron chi connectivity index (χ0n) is 9.67. The van der Waals surface area contributed by atoms with Gasteiger partial charge in [-0.3, -0.25) is 0 Å². The van der Waals surface area contributed by atoms with Gasteiger partial charge in [-0.15, -0.1) is 0 Å². The van der Waals surface area contributed by atoms with E-state index in [1.165, 1.54) is 11.1 Å². The van der Waals surface area contributed by atoms with E-state index in [1.54, 1.807) is 0 Å². The molecule has 0 aliphatic heterocycles. The van der Waals surface area contributed by atoms with Gasteiger partial charge in [0.25, 0.3) is 0 Å². The van der Waals surface area contributed by atoms with Gasteiger partial charge in [0.2, 0.25) is 0 Å². The lowest BCUT2D eigenvalue weighted by Crippen LogP contribution is -2.26. The predicted molar refractivity (Wildman–Crippen MR) is 62.7 cm³/mol. The van der Waals surface area contributed by atoms with Crippen LogP contribution in [0.4, 0.5) is 0 Å². The first kappa shape index (κ1) is 11.3. The number of nitrogens with one attached hydrogen (secondary N) is 1. The van der Waals surface area contributed by atoms with Gasteiger partial charge >= 0.3 is 0 Å². The van der Waals surface area contributed by atoms with E-state index in [0.717, 1.165) is 6.54 Å². The molecule has 14 heavy (non-hydrogen) atoms. The fraction of sp³-hybridized carbons (Fsp3) is 0.538. The Morgan fingerprint density at radius 3 is 2.14 bits per heavy atom. The second-order valence-electron chi connectivity index (χ2n) is 4.37. The fourth-order valence-electron chi connectivity index (χ4n) is 1.43. The monoisotopic (exact) mass is 191 g/mol. The Morgan fingerprint density at radius 1 is 1.07 bits per heavy atom. The van der Waals surface area contributed by atoms with Crippen molar-refractivity contribution in [3.63, 3.8) is 0 Å². The van der Waals surface area contributed by atoms with Crippen LogP contribution in [-0.4, -0.2) is 12.6 Å². The van der Waals surface area contributed by atoms with Crippen molar-refractivity contribution in [1.82, 2.24) is 5.32 Å². The van der Waals surface area contributed by atoms with Crippen LogP contribution < -0.4 is 5.32 Å². The van der Waals surface area contributed by atoms with Gasteiger partial charge in [0.05, 0.1) is 0 Å². The lowest BCUT2D eigenvalue weighted by Gasteiger charge is -2.15. The minimum Gasteiger partial charge on any atom is -0.314 e. The van der Waals surface area contributed by atoms with Crippen LogP contribution in [0.15, 0.2) is 24.3 Å². The largest absolute Gasteiger partial charge is 0.314 e. The molecule has 1 unspecified atom stereocenters. The summed E-state index contributed by atoms with van der Waals surface area (Å²) < 4.78 is 0. The van der Waals surface area contributed by atoms with Crippen LogP contribution in [0.2, 0.25) is 0 Å². The molecule has 1 nitrogen and oxygen atoms in total. The number of hydrogen-bond donors (Lipinski definition) is 1. The van der Waals surface area contributed by atoms with Gasteiger partial charge in [0, 0.05) is 12.6 Å². The molecule has 0 aliphatic carbocycles. The maximum atomic E-state index is 3.46. The number of aryl methyl sites for hydroxylation is 1. The highest BCUT2D eigenvalue weighted by Crippen LogP contribution is 2.14. The number of rotatable bonds is 4. The third-order valence-corrected chi connectivity index (χ3v) is 2.48. The molecule has 0 spiro atoms. The molecular formula is C13H21N. The molecule has 0 heterocycles. The Labute approximate surface area is 87.5 Å². The minimum absolute atomic E-state index is 0.572. The van der Waals surface area contributed by atoms with E-state index in [-0.39, 0.29) is 0 Å². The van der Waals surface area contributed by atoms with E-state index in [0.29, 0.717) is 12.0 Å². The van der Waals surface area contributed by atoms with E-state index >= 15 is 0 Å². The lowest BCUT2D eigenvalue weighted by molar-refractivity contribution is 0.548. The first-order valence-electron chi connectivity index (χ1n) is 5.39. The number of benzene rings is 1. The second-order valence-corrected chi connectivity index (χ2v) is 4.37. The van der Waals surface area contributed by atoms with Crippen LogP contribution in [0.3, 0.4) is 0 Å². The van der Waals surface area contributed by atoms with Crippen LogP contribution in [-0.2, 0) is 0 Å². The Morgan fingerprint density at radius 2 is 1.64 bits per heavy atom. The summed E-state index contributed by atoms with van der Waals surface area (Å²) in [4.78, 5) is 0. The first-order valence-corrected chi connectivity index (χ1v) is 5.39. The van der Waals surface area contributed by atoms with Gasteiger partial charge in [-0.05, 0) is 18.4 Å². The Balaban J connectivity index is 2.52.